The van der Waals surface area contributed by atoms with Crippen molar-refractivity contribution in [1.82, 2.24) is 15.4 Å². The van der Waals surface area contributed by atoms with Crippen molar-refractivity contribution in [2.24, 2.45) is 5.92 Å². The number of hydrogen-bond acceptors (Lipinski definition) is 5. The third kappa shape index (κ3) is 2.39. The molecule has 1 atom stereocenters. The predicted octanol–water partition coefficient (Wildman–Crippen LogP) is 4.56. The quantitative estimate of drug-likeness (QED) is 0.714. The van der Waals surface area contributed by atoms with Gasteiger partial charge in [-0.15, -0.1) is 0 Å². The van der Waals surface area contributed by atoms with Crippen LogP contribution in [-0.4, -0.2) is 28.6 Å². The van der Waals surface area contributed by atoms with Crippen LogP contribution in [0.1, 0.15) is 35.7 Å². The summed E-state index contributed by atoms with van der Waals surface area (Å²) in [6.07, 6.45) is 2.96. The fourth-order valence-corrected chi connectivity index (χ4v) is 4.48. The molecule has 27 heavy (non-hydrogen) atoms. The zero-order chi connectivity index (χ0) is 18.9. The van der Waals surface area contributed by atoms with E-state index in [0.29, 0.717) is 6.17 Å². The maximum atomic E-state index is 5.45. The van der Waals surface area contributed by atoms with E-state index in [2.05, 4.69) is 58.6 Å². The first-order chi connectivity index (χ1) is 13.0. The molecule has 1 aliphatic heterocycles. The lowest BCUT2D eigenvalue weighted by atomic mass is 9.94. The number of fused-ring (bicyclic) bond motifs is 1. The topological polar surface area (TPSA) is 70.0 Å². The molecule has 6 heteroatoms. The van der Waals surface area contributed by atoms with E-state index in [4.69, 9.17) is 4.52 Å². The number of H-pyrrole nitrogens is 1. The molecule has 2 aliphatic rings. The van der Waals surface area contributed by atoms with Crippen LogP contribution >= 0.6 is 0 Å². The summed E-state index contributed by atoms with van der Waals surface area (Å²) in [7, 11) is 2.19. The van der Waals surface area contributed by atoms with Crippen molar-refractivity contribution in [3.8, 4) is 22.3 Å². The molecule has 3 aromatic rings. The second-order valence-corrected chi connectivity index (χ2v) is 7.96. The van der Waals surface area contributed by atoms with Crippen molar-refractivity contribution < 1.29 is 4.52 Å². The Morgan fingerprint density at radius 3 is 2.44 bits per heavy atom. The summed E-state index contributed by atoms with van der Waals surface area (Å²) in [5, 5.41) is 15.5. The lowest BCUT2D eigenvalue weighted by Crippen LogP contribution is -2.34. The molecule has 1 aromatic carbocycles. The Bertz CT molecular complexity index is 1000. The highest BCUT2D eigenvalue weighted by Gasteiger charge is 2.40. The summed E-state index contributed by atoms with van der Waals surface area (Å²) < 4.78 is 5.45. The standard InChI is InChI=1S/C21H25N5O/c1-10-18(11(2)24-23-10)16-8-15(19-12(3)25-27-13(19)4)9-17-20(16)22-21(26(17)5)14-6-7-14/h8-9,14,21-22H,6-7H2,1-5H3,(H,23,24). The average molecular weight is 363 g/mol. The van der Waals surface area contributed by atoms with E-state index in [-0.39, 0.29) is 0 Å². The van der Waals surface area contributed by atoms with Crippen molar-refractivity contribution in [2.75, 3.05) is 17.3 Å². The fraction of sp³-hybridized carbons (Fsp3) is 0.429. The number of hydrogen-bond donors (Lipinski definition) is 2. The molecule has 3 heterocycles. The minimum Gasteiger partial charge on any atom is -0.363 e. The van der Waals surface area contributed by atoms with Gasteiger partial charge in [-0.3, -0.25) is 5.10 Å². The molecule has 0 saturated heterocycles. The van der Waals surface area contributed by atoms with Gasteiger partial charge in [-0.25, -0.2) is 0 Å². The molecule has 0 spiro atoms. The van der Waals surface area contributed by atoms with Crippen LogP contribution in [0.3, 0.4) is 0 Å². The zero-order valence-corrected chi connectivity index (χ0v) is 16.5. The van der Waals surface area contributed by atoms with Crippen LogP contribution < -0.4 is 10.2 Å². The number of rotatable bonds is 3. The van der Waals surface area contributed by atoms with Gasteiger partial charge in [-0.05, 0) is 64.2 Å². The van der Waals surface area contributed by atoms with Gasteiger partial charge in [0.25, 0.3) is 0 Å². The fourth-order valence-electron chi connectivity index (χ4n) is 4.48. The summed E-state index contributed by atoms with van der Waals surface area (Å²) in [4.78, 5) is 2.39. The molecule has 1 aliphatic carbocycles. The Hall–Kier alpha value is -2.76. The van der Waals surface area contributed by atoms with Crippen molar-refractivity contribution in [2.45, 2.75) is 46.7 Å². The molecule has 0 bridgehead atoms. The Morgan fingerprint density at radius 2 is 1.85 bits per heavy atom. The highest BCUT2D eigenvalue weighted by Crippen LogP contribution is 2.50. The van der Waals surface area contributed by atoms with Crippen LogP contribution in [0.4, 0.5) is 11.4 Å². The SMILES string of the molecule is Cc1n[nH]c(C)c1-c1cc(-c2c(C)noc2C)cc2c1NC(C1CC1)N2C. The van der Waals surface area contributed by atoms with Crippen molar-refractivity contribution >= 4 is 11.4 Å². The van der Waals surface area contributed by atoms with Crippen molar-refractivity contribution in [1.29, 1.82) is 0 Å². The summed E-state index contributed by atoms with van der Waals surface area (Å²) in [5.41, 5.74) is 10.1. The molecule has 140 valence electrons. The van der Waals surface area contributed by atoms with Crippen LogP contribution in [-0.2, 0) is 0 Å². The molecular weight excluding hydrogens is 338 g/mol. The van der Waals surface area contributed by atoms with E-state index in [1.165, 1.54) is 35.3 Å². The van der Waals surface area contributed by atoms with Crippen LogP contribution in [0, 0.1) is 33.6 Å². The lowest BCUT2D eigenvalue weighted by molar-refractivity contribution is 0.393. The third-order valence-corrected chi connectivity index (χ3v) is 6.00. The first kappa shape index (κ1) is 16.4. The average Bonchev–Trinajstić information content (AvgIpc) is 3.25. The molecule has 6 nitrogen and oxygen atoms in total. The molecule has 2 aromatic heterocycles. The van der Waals surface area contributed by atoms with Gasteiger partial charge in [0.05, 0.1) is 22.8 Å². The van der Waals surface area contributed by atoms with Crippen LogP contribution in [0.2, 0.25) is 0 Å². The molecule has 1 saturated carbocycles. The summed E-state index contributed by atoms with van der Waals surface area (Å²) in [5.74, 6) is 1.58. The predicted molar refractivity (Wildman–Crippen MR) is 107 cm³/mol. The third-order valence-electron chi connectivity index (χ3n) is 6.00. The van der Waals surface area contributed by atoms with Crippen molar-refractivity contribution in [3.63, 3.8) is 0 Å². The number of nitrogens with one attached hydrogen (secondary N) is 2. The first-order valence-corrected chi connectivity index (χ1v) is 9.58. The van der Waals surface area contributed by atoms with Crippen LogP contribution in [0.25, 0.3) is 22.3 Å². The van der Waals surface area contributed by atoms with Crippen LogP contribution in [0.15, 0.2) is 16.7 Å². The second-order valence-electron chi connectivity index (χ2n) is 7.96. The van der Waals surface area contributed by atoms with E-state index in [0.717, 1.165) is 39.9 Å². The molecule has 1 unspecified atom stereocenters. The molecule has 0 radical (unpaired) electrons. The molecule has 0 amide bonds. The second kappa shape index (κ2) is 5.62. The van der Waals surface area contributed by atoms with E-state index in [9.17, 15) is 0 Å². The van der Waals surface area contributed by atoms with Crippen LogP contribution in [0.5, 0.6) is 0 Å². The maximum Gasteiger partial charge on any atom is 0.141 e. The molecular formula is C21H25N5O. The maximum absolute atomic E-state index is 5.45. The Balaban J connectivity index is 1.76. The Labute approximate surface area is 158 Å². The van der Waals surface area contributed by atoms with E-state index in [1.807, 2.05) is 13.8 Å². The number of aryl methyl sites for hydroxylation is 4. The van der Waals surface area contributed by atoms with Gasteiger partial charge in [0.15, 0.2) is 0 Å². The van der Waals surface area contributed by atoms with E-state index >= 15 is 0 Å². The molecule has 1 fully saturated rings. The Morgan fingerprint density at radius 1 is 1.07 bits per heavy atom. The monoisotopic (exact) mass is 363 g/mol. The van der Waals surface area contributed by atoms with Gasteiger partial charge in [0.1, 0.15) is 11.9 Å². The number of aromatic amines is 1. The highest BCUT2D eigenvalue weighted by molar-refractivity contribution is 5.96. The minimum absolute atomic E-state index is 0.367. The van der Waals surface area contributed by atoms with Gasteiger partial charge in [-0.2, -0.15) is 5.10 Å². The first-order valence-electron chi connectivity index (χ1n) is 9.58. The smallest absolute Gasteiger partial charge is 0.141 e. The number of nitrogens with zero attached hydrogens (tertiary/aromatic N) is 3. The summed E-state index contributed by atoms with van der Waals surface area (Å²) in [6, 6.07) is 4.53. The zero-order valence-electron chi connectivity index (χ0n) is 16.5. The van der Waals surface area contributed by atoms with Gasteiger partial charge in [0, 0.05) is 29.4 Å². The Kier molecular flexibility index (Phi) is 3.41. The largest absolute Gasteiger partial charge is 0.363 e. The van der Waals surface area contributed by atoms with E-state index in [1.54, 1.807) is 0 Å². The summed E-state index contributed by atoms with van der Waals surface area (Å²) >= 11 is 0. The number of anilines is 2. The number of aromatic nitrogens is 3. The molecule has 5 rings (SSSR count). The van der Waals surface area contributed by atoms with Gasteiger partial charge in [-0.1, -0.05) is 5.16 Å². The minimum atomic E-state index is 0.367. The number of benzene rings is 1. The summed E-state index contributed by atoms with van der Waals surface area (Å²) in [6.45, 7) is 8.12. The van der Waals surface area contributed by atoms with E-state index < -0.39 is 0 Å². The lowest BCUT2D eigenvalue weighted by Gasteiger charge is -2.21. The highest BCUT2D eigenvalue weighted by atomic mass is 16.5. The van der Waals surface area contributed by atoms with Crippen molar-refractivity contribution in [3.05, 3.63) is 35.0 Å². The van der Waals surface area contributed by atoms with Gasteiger partial charge < -0.3 is 14.7 Å². The molecule has 2 N–H and O–H groups in total. The van der Waals surface area contributed by atoms with Gasteiger partial charge in [0.2, 0.25) is 0 Å². The normalized spacial score (nSPS) is 18.7. The van der Waals surface area contributed by atoms with Gasteiger partial charge >= 0.3 is 0 Å².